The van der Waals surface area contributed by atoms with E-state index in [1.807, 2.05) is 12.1 Å². The predicted molar refractivity (Wildman–Crippen MR) is 78.1 cm³/mol. The van der Waals surface area contributed by atoms with Gasteiger partial charge in [0, 0.05) is 6.04 Å². The summed E-state index contributed by atoms with van der Waals surface area (Å²) in [4.78, 5) is 2.34. The van der Waals surface area contributed by atoms with E-state index in [4.69, 9.17) is 9.47 Å². The van der Waals surface area contributed by atoms with Gasteiger partial charge in [0.2, 0.25) is 0 Å². The average molecular weight is 274 g/mol. The summed E-state index contributed by atoms with van der Waals surface area (Å²) < 4.78 is 11.4. The Bertz CT molecular complexity index is 496. The smallest absolute Gasteiger partial charge is 0.179 e. The lowest BCUT2D eigenvalue weighted by Gasteiger charge is -2.36. The quantitative estimate of drug-likeness (QED) is 0.847. The first-order chi connectivity index (χ1) is 9.67. The van der Waals surface area contributed by atoms with E-state index >= 15 is 0 Å². The minimum absolute atomic E-state index is 0.0312. The van der Waals surface area contributed by atoms with Crippen molar-refractivity contribution in [2.24, 2.45) is 0 Å². The minimum Gasteiger partial charge on any atom is -0.493 e. The van der Waals surface area contributed by atoms with Crippen LogP contribution in [-0.2, 0) is 0 Å². The van der Waals surface area contributed by atoms with E-state index < -0.39 is 0 Å². The number of nitriles is 1. The molecule has 1 heterocycles. The monoisotopic (exact) mass is 274 g/mol. The molecule has 4 nitrogen and oxygen atoms in total. The SMILES string of the molecule is COc1cccc(C#N)c1OC(C)C1CCCCN1C. The molecule has 2 unspecified atom stereocenters. The molecule has 2 atom stereocenters. The normalized spacial score (nSPS) is 21.0. The van der Waals surface area contributed by atoms with Gasteiger partial charge in [-0.1, -0.05) is 12.5 Å². The Kier molecular flexibility index (Phi) is 4.86. The van der Waals surface area contributed by atoms with Gasteiger partial charge in [0.15, 0.2) is 11.5 Å². The van der Waals surface area contributed by atoms with E-state index in [0.717, 1.165) is 13.0 Å². The van der Waals surface area contributed by atoms with Crippen LogP contribution in [0.15, 0.2) is 18.2 Å². The molecule has 0 amide bonds. The molecule has 0 aromatic heterocycles. The first-order valence-corrected chi connectivity index (χ1v) is 7.11. The summed E-state index contributed by atoms with van der Waals surface area (Å²) in [6.45, 7) is 3.18. The molecule has 1 aromatic rings. The second kappa shape index (κ2) is 6.62. The zero-order chi connectivity index (χ0) is 14.5. The van der Waals surface area contributed by atoms with Crippen LogP contribution in [0.3, 0.4) is 0 Å². The molecule has 2 rings (SSSR count). The largest absolute Gasteiger partial charge is 0.493 e. The predicted octanol–water partition coefficient (Wildman–Crippen LogP) is 2.82. The van der Waals surface area contributed by atoms with Crippen LogP contribution >= 0.6 is 0 Å². The Labute approximate surface area is 120 Å². The van der Waals surface area contributed by atoms with Crippen molar-refractivity contribution in [3.8, 4) is 17.6 Å². The molecule has 1 aromatic carbocycles. The number of likely N-dealkylation sites (N-methyl/N-ethyl adjacent to an activating group) is 1. The highest BCUT2D eigenvalue weighted by Crippen LogP contribution is 2.33. The number of para-hydroxylation sites is 1. The molecular weight excluding hydrogens is 252 g/mol. The van der Waals surface area contributed by atoms with Crippen molar-refractivity contribution >= 4 is 0 Å². The Morgan fingerprint density at radius 2 is 2.20 bits per heavy atom. The summed E-state index contributed by atoms with van der Waals surface area (Å²) in [6.07, 6.45) is 3.65. The summed E-state index contributed by atoms with van der Waals surface area (Å²) >= 11 is 0. The van der Waals surface area contributed by atoms with E-state index in [2.05, 4.69) is 24.9 Å². The van der Waals surface area contributed by atoms with Gasteiger partial charge in [0.05, 0.1) is 12.7 Å². The number of likely N-dealkylation sites (tertiary alicyclic amines) is 1. The fourth-order valence-electron chi connectivity index (χ4n) is 2.84. The summed E-state index contributed by atoms with van der Waals surface area (Å²) in [5.41, 5.74) is 0.523. The van der Waals surface area contributed by atoms with E-state index in [-0.39, 0.29) is 6.10 Å². The van der Waals surface area contributed by atoms with Crippen LogP contribution in [0.25, 0.3) is 0 Å². The lowest BCUT2D eigenvalue weighted by Crippen LogP contribution is -2.45. The van der Waals surface area contributed by atoms with Gasteiger partial charge in [0.25, 0.3) is 0 Å². The fourth-order valence-corrected chi connectivity index (χ4v) is 2.84. The van der Waals surface area contributed by atoms with E-state index in [0.29, 0.717) is 23.1 Å². The van der Waals surface area contributed by atoms with E-state index in [9.17, 15) is 5.26 Å². The van der Waals surface area contributed by atoms with Crippen LogP contribution in [0.1, 0.15) is 31.7 Å². The Hall–Kier alpha value is -1.73. The van der Waals surface area contributed by atoms with Gasteiger partial charge < -0.3 is 9.47 Å². The van der Waals surface area contributed by atoms with Gasteiger partial charge in [-0.25, -0.2) is 0 Å². The van der Waals surface area contributed by atoms with Crippen molar-refractivity contribution in [1.29, 1.82) is 5.26 Å². The third kappa shape index (κ3) is 3.05. The Balaban J connectivity index is 2.18. The third-order valence-corrected chi connectivity index (χ3v) is 3.99. The maximum absolute atomic E-state index is 9.22. The van der Waals surface area contributed by atoms with Gasteiger partial charge in [-0.05, 0) is 45.5 Å². The molecule has 20 heavy (non-hydrogen) atoms. The summed E-state index contributed by atoms with van der Waals surface area (Å²) in [5.74, 6) is 1.18. The highest BCUT2D eigenvalue weighted by molar-refractivity contribution is 5.52. The summed E-state index contributed by atoms with van der Waals surface area (Å²) in [5, 5.41) is 9.22. The zero-order valence-electron chi connectivity index (χ0n) is 12.4. The minimum atomic E-state index is 0.0312. The van der Waals surface area contributed by atoms with Crippen LogP contribution < -0.4 is 9.47 Å². The molecule has 4 heteroatoms. The zero-order valence-corrected chi connectivity index (χ0v) is 12.4. The fraction of sp³-hybridized carbons (Fsp3) is 0.562. The van der Waals surface area contributed by atoms with E-state index in [1.165, 1.54) is 12.8 Å². The first kappa shape index (κ1) is 14.7. The molecule has 0 spiro atoms. The number of hydrogen-bond donors (Lipinski definition) is 0. The lowest BCUT2D eigenvalue weighted by atomic mass is 9.99. The van der Waals surface area contributed by atoms with Crippen LogP contribution in [-0.4, -0.2) is 37.7 Å². The second-order valence-electron chi connectivity index (χ2n) is 5.32. The molecule has 0 radical (unpaired) electrons. The van der Waals surface area contributed by atoms with Gasteiger partial charge in [-0.15, -0.1) is 0 Å². The topological polar surface area (TPSA) is 45.5 Å². The maximum atomic E-state index is 9.22. The van der Waals surface area contributed by atoms with Gasteiger partial charge in [-0.2, -0.15) is 5.26 Å². The highest BCUT2D eigenvalue weighted by Gasteiger charge is 2.27. The first-order valence-electron chi connectivity index (χ1n) is 7.11. The molecule has 1 saturated heterocycles. The molecule has 0 saturated carbocycles. The molecular formula is C16H22N2O2. The molecule has 1 fully saturated rings. The van der Waals surface area contributed by atoms with Gasteiger partial charge >= 0.3 is 0 Å². The molecule has 0 aliphatic carbocycles. The third-order valence-electron chi connectivity index (χ3n) is 3.99. The van der Waals surface area contributed by atoms with Gasteiger partial charge in [-0.3, -0.25) is 4.90 Å². The van der Waals surface area contributed by atoms with Crippen molar-refractivity contribution < 1.29 is 9.47 Å². The second-order valence-corrected chi connectivity index (χ2v) is 5.32. The van der Waals surface area contributed by atoms with E-state index in [1.54, 1.807) is 13.2 Å². The Morgan fingerprint density at radius 1 is 1.40 bits per heavy atom. The van der Waals surface area contributed by atoms with Gasteiger partial charge in [0.1, 0.15) is 12.2 Å². The van der Waals surface area contributed by atoms with Crippen molar-refractivity contribution in [3.63, 3.8) is 0 Å². The average Bonchev–Trinajstić information content (AvgIpc) is 2.47. The number of nitrogens with zero attached hydrogens (tertiary/aromatic N) is 2. The highest BCUT2D eigenvalue weighted by atomic mass is 16.5. The maximum Gasteiger partial charge on any atom is 0.179 e. The number of rotatable bonds is 4. The molecule has 1 aliphatic rings. The van der Waals surface area contributed by atoms with Crippen LogP contribution in [0.4, 0.5) is 0 Å². The van der Waals surface area contributed by atoms with Crippen LogP contribution in [0.2, 0.25) is 0 Å². The summed E-state index contributed by atoms with van der Waals surface area (Å²) in [6, 6.07) is 7.95. The van der Waals surface area contributed by atoms with Crippen LogP contribution in [0, 0.1) is 11.3 Å². The van der Waals surface area contributed by atoms with Crippen molar-refractivity contribution in [2.75, 3.05) is 20.7 Å². The van der Waals surface area contributed by atoms with Crippen molar-refractivity contribution in [3.05, 3.63) is 23.8 Å². The van der Waals surface area contributed by atoms with Crippen LogP contribution in [0.5, 0.6) is 11.5 Å². The molecule has 0 N–H and O–H groups in total. The Morgan fingerprint density at radius 3 is 2.85 bits per heavy atom. The van der Waals surface area contributed by atoms with Crippen molar-refractivity contribution in [1.82, 2.24) is 4.90 Å². The molecule has 108 valence electrons. The number of piperidine rings is 1. The number of benzene rings is 1. The summed E-state index contributed by atoms with van der Waals surface area (Å²) in [7, 11) is 3.73. The molecule has 1 aliphatic heterocycles. The lowest BCUT2D eigenvalue weighted by molar-refractivity contribution is 0.0666. The van der Waals surface area contributed by atoms with Crippen molar-refractivity contribution in [2.45, 2.75) is 38.3 Å². The standard InChI is InChI=1S/C16H22N2O2/c1-12(14-8-4-5-10-18(14)2)20-16-13(11-17)7-6-9-15(16)19-3/h6-7,9,12,14H,4-5,8,10H2,1-3H3. The number of hydrogen-bond acceptors (Lipinski definition) is 4. The number of ether oxygens (including phenoxy) is 2. The number of methoxy groups -OCH3 is 1. The molecule has 0 bridgehead atoms.